The molecular formula is C20H41IN4O4. The zero-order valence-corrected chi connectivity index (χ0v) is 21.3. The molecule has 0 aromatic carbocycles. The first-order valence-electron chi connectivity index (χ1n) is 10.3. The lowest BCUT2D eigenvalue weighted by Crippen LogP contribution is -2.49. The highest BCUT2D eigenvalue weighted by molar-refractivity contribution is 14.0. The third-order valence-electron chi connectivity index (χ3n) is 3.90. The lowest BCUT2D eigenvalue weighted by molar-refractivity contribution is 0.0168. The number of nitrogens with one attached hydrogen (secondary N) is 3. The second kappa shape index (κ2) is 14.2. The Morgan fingerprint density at radius 2 is 1.93 bits per heavy atom. The van der Waals surface area contributed by atoms with Gasteiger partial charge in [-0.3, -0.25) is 4.99 Å². The number of halogens is 1. The number of ether oxygens (including phenoxy) is 3. The Morgan fingerprint density at radius 3 is 2.52 bits per heavy atom. The number of hydrogen-bond acceptors (Lipinski definition) is 5. The van der Waals surface area contributed by atoms with E-state index in [0.29, 0.717) is 19.8 Å². The first-order chi connectivity index (χ1) is 13.1. The molecule has 0 aliphatic carbocycles. The number of alkyl carbamates (subject to hydrolysis) is 1. The van der Waals surface area contributed by atoms with E-state index < -0.39 is 17.2 Å². The molecule has 1 heterocycles. The van der Waals surface area contributed by atoms with Crippen LogP contribution in [-0.2, 0) is 14.2 Å². The fourth-order valence-electron chi connectivity index (χ4n) is 2.61. The van der Waals surface area contributed by atoms with Crippen LogP contribution >= 0.6 is 24.0 Å². The van der Waals surface area contributed by atoms with E-state index in [-0.39, 0.29) is 30.1 Å². The Labute approximate surface area is 193 Å². The molecule has 1 atom stereocenters. The minimum Gasteiger partial charge on any atom is -0.444 e. The van der Waals surface area contributed by atoms with Crippen molar-refractivity contribution in [1.82, 2.24) is 16.0 Å². The van der Waals surface area contributed by atoms with Crippen LogP contribution in [0.5, 0.6) is 0 Å². The summed E-state index contributed by atoms with van der Waals surface area (Å²) in [5.74, 6) is 0.723. The zero-order valence-electron chi connectivity index (χ0n) is 18.9. The van der Waals surface area contributed by atoms with E-state index in [1.807, 2.05) is 41.5 Å². The van der Waals surface area contributed by atoms with Crippen LogP contribution in [0, 0.1) is 0 Å². The molecular weight excluding hydrogens is 487 g/mol. The summed E-state index contributed by atoms with van der Waals surface area (Å²) in [6.07, 6.45) is 2.96. The molecule has 0 bridgehead atoms. The molecule has 9 heteroatoms. The van der Waals surface area contributed by atoms with Crippen molar-refractivity contribution in [2.75, 3.05) is 39.5 Å². The van der Waals surface area contributed by atoms with Crippen molar-refractivity contribution in [2.24, 2.45) is 4.99 Å². The lowest BCUT2D eigenvalue weighted by Gasteiger charge is -2.27. The molecule has 3 N–H and O–H groups in total. The first kappa shape index (κ1) is 28.2. The molecule has 0 aromatic rings. The Kier molecular flexibility index (Phi) is 13.8. The second-order valence-corrected chi connectivity index (χ2v) is 8.70. The zero-order chi connectivity index (χ0) is 21.0. The highest BCUT2D eigenvalue weighted by Crippen LogP contribution is 2.12. The van der Waals surface area contributed by atoms with Crippen LogP contribution in [0.15, 0.2) is 4.99 Å². The first-order valence-corrected chi connectivity index (χ1v) is 10.3. The largest absolute Gasteiger partial charge is 0.444 e. The minimum atomic E-state index is -0.522. The molecule has 0 saturated carbocycles. The molecule has 8 nitrogen and oxygen atoms in total. The predicted octanol–water partition coefficient (Wildman–Crippen LogP) is 3.05. The van der Waals surface area contributed by atoms with E-state index in [1.54, 1.807) is 0 Å². The summed E-state index contributed by atoms with van der Waals surface area (Å²) in [5, 5.41) is 9.38. The van der Waals surface area contributed by atoms with Gasteiger partial charge in [-0.25, -0.2) is 4.79 Å². The average Bonchev–Trinajstić information content (AvgIpc) is 3.06. The van der Waals surface area contributed by atoms with Crippen molar-refractivity contribution in [3.63, 3.8) is 0 Å². The van der Waals surface area contributed by atoms with Crippen molar-refractivity contribution in [3.05, 3.63) is 0 Å². The highest BCUT2D eigenvalue weighted by Gasteiger charge is 2.24. The number of amides is 1. The lowest BCUT2D eigenvalue weighted by atomic mass is 10.1. The molecule has 1 rings (SSSR count). The summed E-state index contributed by atoms with van der Waals surface area (Å²) in [5.41, 5.74) is -1.04. The predicted molar refractivity (Wildman–Crippen MR) is 127 cm³/mol. The number of rotatable bonds is 10. The van der Waals surface area contributed by atoms with Gasteiger partial charge >= 0.3 is 6.09 Å². The van der Waals surface area contributed by atoms with E-state index in [1.165, 1.54) is 0 Å². The van der Waals surface area contributed by atoms with Gasteiger partial charge in [0, 0.05) is 26.3 Å². The minimum absolute atomic E-state index is 0. The van der Waals surface area contributed by atoms with Gasteiger partial charge < -0.3 is 30.2 Å². The van der Waals surface area contributed by atoms with Gasteiger partial charge in [0.1, 0.15) is 5.60 Å². The molecule has 0 radical (unpaired) electrons. The summed E-state index contributed by atoms with van der Waals surface area (Å²) >= 11 is 0. The van der Waals surface area contributed by atoms with Gasteiger partial charge in [0.25, 0.3) is 0 Å². The highest BCUT2D eigenvalue weighted by atomic mass is 127. The van der Waals surface area contributed by atoms with E-state index >= 15 is 0 Å². The third-order valence-corrected chi connectivity index (χ3v) is 3.90. The number of aliphatic imine (C=N–C) groups is 1. The molecule has 1 amide bonds. The van der Waals surface area contributed by atoms with E-state index in [2.05, 4.69) is 20.9 Å². The normalized spacial score (nSPS) is 17.4. The van der Waals surface area contributed by atoms with Crippen LogP contribution < -0.4 is 16.0 Å². The molecule has 1 unspecified atom stereocenters. The molecule has 172 valence electrons. The Hall–Kier alpha value is -0.810. The average molecular weight is 528 g/mol. The van der Waals surface area contributed by atoms with Crippen molar-refractivity contribution in [1.29, 1.82) is 0 Å². The molecule has 29 heavy (non-hydrogen) atoms. The molecule has 0 spiro atoms. The molecule has 1 saturated heterocycles. The van der Waals surface area contributed by atoms with E-state index in [9.17, 15) is 4.79 Å². The van der Waals surface area contributed by atoms with Gasteiger partial charge in [0.15, 0.2) is 5.96 Å². The van der Waals surface area contributed by atoms with Gasteiger partial charge in [-0.2, -0.15) is 0 Å². The summed E-state index contributed by atoms with van der Waals surface area (Å²) in [6.45, 7) is 15.6. The molecule has 1 aliphatic heterocycles. The fourth-order valence-corrected chi connectivity index (χ4v) is 2.61. The number of hydrogen-bond donors (Lipinski definition) is 3. The van der Waals surface area contributed by atoms with Crippen LogP contribution in [-0.4, -0.2) is 68.8 Å². The van der Waals surface area contributed by atoms with Crippen molar-refractivity contribution < 1.29 is 19.0 Å². The number of guanidine groups is 1. The van der Waals surface area contributed by atoms with Crippen molar-refractivity contribution >= 4 is 36.0 Å². The summed E-state index contributed by atoms with van der Waals surface area (Å²) in [4.78, 5) is 16.6. The fraction of sp³-hybridized carbons (Fsp3) is 0.900. The Balaban J connectivity index is 0.00000784. The topological polar surface area (TPSA) is 93.2 Å². The maximum absolute atomic E-state index is 12.0. The monoisotopic (exact) mass is 528 g/mol. The van der Waals surface area contributed by atoms with Crippen LogP contribution in [0.3, 0.4) is 0 Å². The van der Waals surface area contributed by atoms with Crippen LogP contribution in [0.1, 0.15) is 60.8 Å². The molecule has 1 fully saturated rings. The Bertz CT molecular complexity index is 489. The number of nitrogens with zero attached hydrogens (tertiary/aromatic N) is 1. The van der Waals surface area contributed by atoms with E-state index in [4.69, 9.17) is 14.2 Å². The maximum Gasteiger partial charge on any atom is 0.408 e. The maximum atomic E-state index is 12.0. The third kappa shape index (κ3) is 14.8. The van der Waals surface area contributed by atoms with Crippen molar-refractivity contribution in [3.8, 4) is 0 Å². The van der Waals surface area contributed by atoms with Gasteiger partial charge in [0.05, 0.1) is 24.8 Å². The summed E-state index contributed by atoms with van der Waals surface area (Å²) in [6, 6.07) is 0. The second-order valence-electron chi connectivity index (χ2n) is 8.70. The van der Waals surface area contributed by atoms with E-state index in [0.717, 1.165) is 44.9 Å². The Morgan fingerprint density at radius 1 is 1.21 bits per heavy atom. The van der Waals surface area contributed by atoms with Crippen molar-refractivity contribution in [2.45, 2.75) is 78.0 Å². The van der Waals surface area contributed by atoms with Crippen LogP contribution in [0.25, 0.3) is 0 Å². The smallest absolute Gasteiger partial charge is 0.408 e. The quantitative estimate of drug-likeness (QED) is 0.175. The van der Waals surface area contributed by atoms with Gasteiger partial charge in [-0.1, -0.05) is 0 Å². The van der Waals surface area contributed by atoms with Crippen LogP contribution in [0.2, 0.25) is 0 Å². The molecule has 1 aliphatic rings. The summed E-state index contributed by atoms with van der Waals surface area (Å²) < 4.78 is 16.5. The van der Waals surface area contributed by atoms with Crippen LogP contribution in [0.4, 0.5) is 4.79 Å². The SMILES string of the molecule is CCNC(=NCC(C)(C)NC(=O)OC(C)(C)C)NCCCOCC1CCCO1.I. The number of carbonyl (C=O) groups excluding carboxylic acids is 1. The number of carbonyl (C=O) groups is 1. The standard InChI is InChI=1S/C20H40N4O4.HI/c1-7-21-17(22-11-9-12-26-14-16-10-8-13-27-16)23-15-20(5,6)24-18(25)28-19(2,3)4;/h16H,7-15H2,1-6H3,(H,24,25)(H2,21,22,23);1H. The van der Waals surface area contributed by atoms with Gasteiger partial charge in [-0.05, 0) is 60.8 Å². The van der Waals surface area contributed by atoms with Gasteiger partial charge in [-0.15, -0.1) is 24.0 Å². The molecule has 0 aromatic heterocycles. The van der Waals surface area contributed by atoms with Gasteiger partial charge in [0.2, 0.25) is 0 Å². The summed E-state index contributed by atoms with van der Waals surface area (Å²) in [7, 11) is 0.